The highest BCUT2D eigenvalue weighted by molar-refractivity contribution is 6.10. The van der Waals surface area contributed by atoms with Gasteiger partial charge in [-0.05, 0) is 85.2 Å². The van der Waals surface area contributed by atoms with Crippen LogP contribution in [0, 0.1) is 0 Å². The van der Waals surface area contributed by atoms with Crippen molar-refractivity contribution in [2.24, 2.45) is 0 Å². The number of fused-ring (bicyclic) bond motifs is 6. The van der Waals surface area contributed by atoms with Crippen LogP contribution < -0.4 is 0 Å². The molecule has 1 aliphatic rings. The van der Waals surface area contributed by atoms with Gasteiger partial charge in [-0.2, -0.15) is 0 Å². The first-order chi connectivity index (χ1) is 15.9. The van der Waals surface area contributed by atoms with Crippen molar-refractivity contribution in [1.29, 1.82) is 0 Å². The molecule has 4 heterocycles. The Morgan fingerprint density at radius 1 is 0.676 bits per heavy atom. The number of nitrogens with zero attached hydrogens (tertiary/aromatic N) is 3. The lowest BCUT2D eigenvalue weighted by Crippen LogP contribution is -2.18. The van der Waals surface area contributed by atoms with Gasteiger partial charge in [-0.15, -0.1) is 0 Å². The molecule has 1 aliphatic heterocycles. The maximum Gasteiger partial charge on any atom is 0.229 e. The first kappa shape index (κ1) is 23.4. The Morgan fingerprint density at radius 3 is 1.41 bits per heavy atom. The molecule has 3 aromatic rings. The van der Waals surface area contributed by atoms with E-state index < -0.39 is 0 Å². The number of pyridine rings is 3. The van der Waals surface area contributed by atoms with Crippen molar-refractivity contribution in [1.82, 2.24) is 15.0 Å². The number of aryl methyl sites for hydroxylation is 2. The Bertz CT molecular complexity index is 1280. The van der Waals surface area contributed by atoms with E-state index in [0.29, 0.717) is 24.2 Å². The van der Waals surface area contributed by atoms with Crippen LogP contribution in [-0.2, 0) is 18.3 Å². The van der Waals surface area contributed by atoms with Gasteiger partial charge in [-0.25, -0.2) is 15.0 Å². The van der Waals surface area contributed by atoms with E-state index in [1.165, 1.54) is 0 Å². The molecule has 0 saturated carbocycles. The quantitative estimate of drug-likeness (QED) is 0.493. The second kappa shape index (κ2) is 8.56. The van der Waals surface area contributed by atoms with Gasteiger partial charge in [-0.1, -0.05) is 45.1 Å². The third-order valence-electron chi connectivity index (χ3n) is 6.00. The molecule has 172 valence electrons. The van der Waals surface area contributed by atoms with Gasteiger partial charge in [0, 0.05) is 11.4 Å². The number of hydrogen-bond donors (Lipinski definition) is 0. The number of ketones is 2. The normalized spacial score (nSPS) is 13.6. The van der Waals surface area contributed by atoms with E-state index in [4.69, 9.17) is 0 Å². The first-order valence-corrected chi connectivity index (χ1v) is 11.4. The highest BCUT2D eigenvalue weighted by Gasteiger charge is 2.25. The van der Waals surface area contributed by atoms with E-state index >= 15 is 0 Å². The SMILES string of the molecule is C=C(C)c1cc2nc(c1)C(=O)c1cc(C(C)(C)C)cc(n1)C(=O)c1cc(C(=C)C)cc(n1)CC2. The highest BCUT2D eigenvalue weighted by atomic mass is 16.1. The molecule has 0 spiro atoms. The summed E-state index contributed by atoms with van der Waals surface area (Å²) in [6.45, 7) is 18.0. The van der Waals surface area contributed by atoms with E-state index in [0.717, 1.165) is 39.2 Å². The fraction of sp³-hybridized carbons (Fsp3) is 0.276. The molecule has 6 bridgehead atoms. The first-order valence-electron chi connectivity index (χ1n) is 11.4. The molecule has 4 rings (SSSR count). The third-order valence-corrected chi connectivity index (χ3v) is 6.00. The second-order valence-electron chi connectivity index (χ2n) is 10.1. The molecular formula is C29H29N3O2. The summed E-state index contributed by atoms with van der Waals surface area (Å²) in [6, 6.07) is 10.9. The summed E-state index contributed by atoms with van der Waals surface area (Å²) in [5.74, 6) is -0.628. The average molecular weight is 452 g/mol. The Balaban J connectivity index is 2.03. The number of hydrogen-bond acceptors (Lipinski definition) is 5. The van der Waals surface area contributed by atoms with Crippen LogP contribution in [0.5, 0.6) is 0 Å². The van der Waals surface area contributed by atoms with E-state index in [1.54, 1.807) is 24.3 Å². The smallest absolute Gasteiger partial charge is 0.229 e. The minimum Gasteiger partial charge on any atom is -0.285 e. The van der Waals surface area contributed by atoms with Crippen molar-refractivity contribution >= 4 is 22.7 Å². The maximum atomic E-state index is 13.6. The summed E-state index contributed by atoms with van der Waals surface area (Å²) >= 11 is 0. The van der Waals surface area contributed by atoms with Gasteiger partial charge >= 0.3 is 0 Å². The molecule has 0 saturated heterocycles. The van der Waals surface area contributed by atoms with Gasteiger partial charge in [0.25, 0.3) is 0 Å². The van der Waals surface area contributed by atoms with Gasteiger partial charge in [0.15, 0.2) is 0 Å². The van der Waals surface area contributed by atoms with Gasteiger partial charge in [0.2, 0.25) is 11.6 Å². The van der Waals surface area contributed by atoms with E-state index in [-0.39, 0.29) is 28.4 Å². The fourth-order valence-electron chi connectivity index (χ4n) is 3.87. The van der Waals surface area contributed by atoms with Gasteiger partial charge in [-0.3, -0.25) is 9.59 Å². The zero-order valence-corrected chi connectivity index (χ0v) is 20.5. The molecule has 0 fully saturated rings. The Labute approximate surface area is 200 Å². The number of allylic oxidation sites excluding steroid dienone is 2. The summed E-state index contributed by atoms with van der Waals surface area (Å²) in [4.78, 5) is 41.0. The molecule has 0 amide bonds. The summed E-state index contributed by atoms with van der Waals surface area (Å²) in [7, 11) is 0. The molecule has 5 heteroatoms. The summed E-state index contributed by atoms with van der Waals surface area (Å²) in [5, 5.41) is 0. The van der Waals surface area contributed by atoms with Crippen molar-refractivity contribution in [3.05, 3.63) is 100 Å². The molecule has 0 atom stereocenters. The Kier molecular flexibility index (Phi) is 5.90. The van der Waals surface area contributed by atoms with Gasteiger partial charge in [0.1, 0.15) is 22.8 Å². The van der Waals surface area contributed by atoms with Crippen molar-refractivity contribution < 1.29 is 9.59 Å². The number of aromatic nitrogens is 3. The van der Waals surface area contributed by atoms with Crippen LogP contribution in [0.2, 0.25) is 0 Å². The lowest BCUT2D eigenvalue weighted by atomic mass is 9.86. The van der Waals surface area contributed by atoms with Crippen LogP contribution in [-0.4, -0.2) is 26.5 Å². The fourth-order valence-corrected chi connectivity index (χ4v) is 3.87. The predicted molar refractivity (Wildman–Crippen MR) is 135 cm³/mol. The second-order valence-corrected chi connectivity index (χ2v) is 10.1. The molecule has 5 nitrogen and oxygen atoms in total. The lowest BCUT2D eigenvalue weighted by Gasteiger charge is -2.20. The number of rotatable bonds is 2. The van der Waals surface area contributed by atoms with Crippen LogP contribution in [0.1, 0.15) is 95.1 Å². The monoisotopic (exact) mass is 451 g/mol. The van der Waals surface area contributed by atoms with E-state index in [2.05, 4.69) is 28.1 Å². The van der Waals surface area contributed by atoms with Crippen LogP contribution in [0.25, 0.3) is 11.1 Å². The van der Waals surface area contributed by atoms with Crippen molar-refractivity contribution in [2.45, 2.75) is 52.9 Å². The molecule has 0 aliphatic carbocycles. The zero-order chi connectivity index (χ0) is 24.8. The van der Waals surface area contributed by atoms with Crippen molar-refractivity contribution in [2.75, 3.05) is 0 Å². The van der Waals surface area contributed by atoms with Crippen LogP contribution in [0.3, 0.4) is 0 Å². The van der Waals surface area contributed by atoms with Gasteiger partial charge < -0.3 is 0 Å². The Morgan fingerprint density at radius 2 is 1.06 bits per heavy atom. The number of carbonyl (C=O) groups excluding carboxylic acids is 2. The van der Waals surface area contributed by atoms with Crippen molar-refractivity contribution in [3.8, 4) is 0 Å². The van der Waals surface area contributed by atoms with Crippen LogP contribution in [0.15, 0.2) is 49.6 Å². The largest absolute Gasteiger partial charge is 0.285 e. The number of carbonyl (C=O) groups is 2. The molecule has 3 aromatic heterocycles. The summed E-state index contributed by atoms with van der Waals surface area (Å²) < 4.78 is 0. The minimum absolute atomic E-state index is 0.198. The predicted octanol–water partition coefficient (Wildman–Crippen LogP) is 5.80. The standard InChI is InChI=1S/C29H29N3O2/c1-16(2)18-10-21-8-9-22-11-19(17(3)4)13-24(31-22)28(34)26-15-20(29(5,6)7)14-25(32-26)27(33)23(12-18)30-21/h10-15H,1,3,8-9H2,2,4-7H3. The highest BCUT2D eigenvalue weighted by Crippen LogP contribution is 2.27. The van der Waals surface area contributed by atoms with Crippen LogP contribution >= 0.6 is 0 Å². The third kappa shape index (κ3) is 4.65. The zero-order valence-electron chi connectivity index (χ0n) is 20.5. The topological polar surface area (TPSA) is 72.8 Å². The minimum atomic E-state index is -0.314. The molecule has 34 heavy (non-hydrogen) atoms. The molecule has 0 N–H and O–H groups in total. The van der Waals surface area contributed by atoms with E-state index in [1.807, 2.05) is 46.8 Å². The Hall–Kier alpha value is -3.73. The average Bonchev–Trinajstić information content (AvgIpc) is 2.80. The van der Waals surface area contributed by atoms with Gasteiger partial charge in [0.05, 0.1) is 0 Å². The van der Waals surface area contributed by atoms with Crippen molar-refractivity contribution in [3.63, 3.8) is 0 Å². The van der Waals surface area contributed by atoms with Crippen LogP contribution in [0.4, 0.5) is 0 Å². The lowest BCUT2D eigenvalue weighted by molar-refractivity contribution is 0.102. The molecule has 0 unspecified atom stereocenters. The summed E-state index contributed by atoms with van der Waals surface area (Å²) in [5.41, 5.74) is 6.49. The molecule has 0 aromatic carbocycles. The maximum absolute atomic E-state index is 13.6. The molecule has 0 radical (unpaired) electrons. The summed E-state index contributed by atoms with van der Waals surface area (Å²) in [6.07, 6.45) is 1.14. The molecular weight excluding hydrogens is 422 g/mol. The van der Waals surface area contributed by atoms with E-state index in [9.17, 15) is 9.59 Å².